The molecule has 0 aliphatic rings. The molecule has 2 N–H and O–H groups in total. The van der Waals surface area contributed by atoms with Gasteiger partial charge in [-0.3, -0.25) is 9.59 Å². The summed E-state index contributed by atoms with van der Waals surface area (Å²) < 4.78 is 5.00. The molecule has 0 aliphatic heterocycles. The van der Waals surface area contributed by atoms with Crippen LogP contribution in [0.1, 0.15) is 29.3 Å². The molecular formula is C14H19NO4. The number of hydrogen-bond acceptors (Lipinski definition) is 3. The van der Waals surface area contributed by atoms with Crippen LogP contribution >= 0.6 is 0 Å². The molecule has 0 bridgehead atoms. The number of amides is 1. The number of carboxylic acid groups (broad SMARTS) is 1. The lowest BCUT2D eigenvalue weighted by atomic mass is 10.1. The Morgan fingerprint density at radius 2 is 2.16 bits per heavy atom. The summed E-state index contributed by atoms with van der Waals surface area (Å²) in [6.45, 7) is 2.42. The maximum absolute atomic E-state index is 11.9. The quantitative estimate of drug-likeness (QED) is 0.786. The fourth-order valence-corrected chi connectivity index (χ4v) is 1.60. The fraction of sp³-hybridized carbons (Fsp3) is 0.429. The van der Waals surface area contributed by atoms with Gasteiger partial charge in [0, 0.05) is 19.2 Å². The standard InChI is InChI=1S/C14H19NO4/c1-10(14(17)18)6-7-15-13(16)12-5-3-4-11(8-12)9-19-2/h3-5,8,10H,6-7,9H2,1-2H3,(H,15,16)(H,17,18). The molecule has 0 aromatic heterocycles. The lowest BCUT2D eigenvalue weighted by Crippen LogP contribution is -2.27. The second kappa shape index (κ2) is 7.53. The molecule has 5 heteroatoms. The lowest BCUT2D eigenvalue weighted by Gasteiger charge is -2.08. The summed E-state index contributed by atoms with van der Waals surface area (Å²) in [4.78, 5) is 22.5. The minimum atomic E-state index is -0.851. The van der Waals surface area contributed by atoms with Crippen LogP contribution in [0.2, 0.25) is 0 Å². The average Bonchev–Trinajstić information content (AvgIpc) is 2.39. The van der Waals surface area contributed by atoms with Crippen molar-refractivity contribution in [3.63, 3.8) is 0 Å². The van der Waals surface area contributed by atoms with Crippen molar-refractivity contribution in [2.75, 3.05) is 13.7 Å². The third-order valence-corrected chi connectivity index (χ3v) is 2.78. The highest BCUT2D eigenvalue weighted by molar-refractivity contribution is 5.94. The Balaban J connectivity index is 2.49. The number of hydrogen-bond donors (Lipinski definition) is 2. The van der Waals surface area contributed by atoms with Gasteiger partial charge >= 0.3 is 5.97 Å². The van der Waals surface area contributed by atoms with Crippen LogP contribution in [0.15, 0.2) is 24.3 Å². The molecule has 104 valence electrons. The van der Waals surface area contributed by atoms with Gasteiger partial charge in [0.25, 0.3) is 5.91 Å². The number of aliphatic carboxylic acids is 1. The molecule has 5 nitrogen and oxygen atoms in total. The van der Waals surface area contributed by atoms with E-state index in [1.807, 2.05) is 6.07 Å². The lowest BCUT2D eigenvalue weighted by molar-refractivity contribution is -0.141. The van der Waals surface area contributed by atoms with E-state index in [0.717, 1.165) is 5.56 Å². The molecule has 0 fully saturated rings. The molecule has 0 aliphatic carbocycles. The molecular weight excluding hydrogens is 246 g/mol. The Hall–Kier alpha value is -1.88. The van der Waals surface area contributed by atoms with E-state index in [0.29, 0.717) is 25.1 Å². The van der Waals surface area contributed by atoms with E-state index in [1.165, 1.54) is 0 Å². The minimum Gasteiger partial charge on any atom is -0.481 e. The topological polar surface area (TPSA) is 75.6 Å². The molecule has 0 spiro atoms. The van der Waals surface area contributed by atoms with Gasteiger partial charge in [-0.2, -0.15) is 0 Å². The second-order valence-corrected chi connectivity index (χ2v) is 4.42. The zero-order valence-corrected chi connectivity index (χ0v) is 11.2. The van der Waals surface area contributed by atoms with Gasteiger partial charge in [0.15, 0.2) is 0 Å². The molecule has 0 heterocycles. The molecule has 1 aromatic carbocycles. The van der Waals surface area contributed by atoms with Crippen LogP contribution in [0.5, 0.6) is 0 Å². The molecule has 1 amide bonds. The summed E-state index contributed by atoms with van der Waals surface area (Å²) in [5, 5.41) is 11.4. The van der Waals surface area contributed by atoms with Gasteiger partial charge in [0.2, 0.25) is 0 Å². The number of methoxy groups -OCH3 is 1. The maximum Gasteiger partial charge on any atom is 0.306 e. The van der Waals surface area contributed by atoms with Crippen LogP contribution in [0.3, 0.4) is 0 Å². The SMILES string of the molecule is COCc1cccc(C(=O)NCCC(C)C(=O)O)c1. The van der Waals surface area contributed by atoms with Crippen molar-refractivity contribution in [3.8, 4) is 0 Å². The van der Waals surface area contributed by atoms with Crippen LogP contribution < -0.4 is 5.32 Å². The summed E-state index contributed by atoms with van der Waals surface area (Å²) >= 11 is 0. The van der Waals surface area contributed by atoms with Crippen LogP contribution in [-0.2, 0) is 16.1 Å². The molecule has 1 unspecified atom stereocenters. The maximum atomic E-state index is 11.9. The monoisotopic (exact) mass is 265 g/mol. The van der Waals surface area contributed by atoms with Gasteiger partial charge in [-0.1, -0.05) is 19.1 Å². The van der Waals surface area contributed by atoms with Gasteiger partial charge in [-0.25, -0.2) is 0 Å². The Kier molecular flexibility index (Phi) is 6.02. The normalized spacial score (nSPS) is 11.9. The Morgan fingerprint density at radius 3 is 2.79 bits per heavy atom. The third kappa shape index (κ3) is 5.09. The van der Waals surface area contributed by atoms with Crippen molar-refractivity contribution in [1.29, 1.82) is 0 Å². The first-order valence-electron chi connectivity index (χ1n) is 6.13. The van der Waals surface area contributed by atoms with Crippen molar-refractivity contribution in [2.45, 2.75) is 20.0 Å². The van der Waals surface area contributed by atoms with E-state index in [-0.39, 0.29) is 5.91 Å². The van der Waals surface area contributed by atoms with Gasteiger partial charge in [0.05, 0.1) is 12.5 Å². The van der Waals surface area contributed by atoms with Crippen LogP contribution in [-0.4, -0.2) is 30.6 Å². The molecule has 1 aromatic rings. The Bertz CT molecular complexity index is 445. The van der Waals surface area contributed by atoms with Crippen molar-refractivity contribution in [1.82, 2.24) is 5.32 Å². The van der Waals surface area contributed by atoms with Gasteiger partial charge in [0.1, 0.15) is 0 Å². The Labute approximate surface area is 112 Å². The van der Waals surface area contributed by atoms with Gasteiger partial charge in [-0.05, 0) is 24.1 Å². The fourth-order valence-electron chi connectivity index (χ4n) is 1.60. The van der Waals surface area contributed by atoms with Crippen molar-refractivity contribution >= 4 is 11.9 Å². The largest absolute Gasteiger partial charge is 0.481 e. The van der Waals surface area contributed by atoms with E-state index in [4.69, 9.17) is 9.84 Å². The minimum absolute atomic E-state index is 0.199. The predicted octanol–water partition coefficient (Wildman–Crippen LogP) is 1.67. The number of carbonyl (C=O) groups excluding carboxylic acids is 1. The zero-order chi connectivity index (χ0) is 14.3. The summed E-state index contributed by atoms with van der Waals surface area (Å²) in [5.41, 5.74) is 1.48. The number of rotatable bonds is 7. The van der Waals surface area contributed by atoms with E-state index in [2.05, 4.69) is 5.32 Å². The highest BCUT2D eigenvalue weighted by Gasteiger charge is 2.11. The highest BCUT2D eigenvalue weighted by atomic mass is 16.5. The molecule has 0 radical (unpaired) electrons. The average molecular weight is 265 g/mol. The van der Waals surface area contributed by atoms with Crippen LogP contribution in [0.4, 0.5) is 0 Å². The zero-order valence-electron chi connectivity index (χ0n) is 11.2. The third-order valence-electron chi connectivity index (χ3n) is 2.78. The Morgan fingerprint density at radius 1 is 1.42 bits per heavy atom. The van der Waals surface area contributed by atoms with E-state index >= 15 is 0 Å². The molecule has 0 saturated heterocycles. The van der Waals surface area contributed by atoms with Crippen LogP contribution in [0.25, 0.3) is 0 Å². The highest BCUT2D eigenvalue weighted by Crippen LogP contribution is 2.07. The number of ether oxygens (including phenoxy) is 1. The van der Waals surface area contributed by atoms with Crippen molar-refractivity contribution in [3.05, 3.63) is 35.4 Å². The first-order chi connectivity index (χ1) is 9.04. The van der Waals surface area contributed by atoms with Crippen LogP contribution in [0, 0.1) is 5.92 Å². The van der Waals surface area contributed by atoms with Crippen molar-refractivity contribution < 1.29 is 19.4 Å². The molecule has 1 rings (SSSR count). The second-order valence-electron chi connectivity index (χ2n) is 4.42. The summed E-state index contributed by atoms with van der Waals surface area (Å²) in [5.74, 6) is -1.51. The molecule has 0 saturated carbocycles. The molecule has 1 atom stereocenters. The van der Waals surface area contributed by atoms with Crippen molar-refractivity contribution in [2.24, 2.45) is 5.92 Å². The number of carboxylic acids is 1. The summed E-state index contributed by atoms with van der Waals surface area (Å²) in [7, 11) is 1.60. The predicted molar refractivity (Wildman–Crippen MR) is 70.9 cm³/mol. The van der Waals surface area contributed by atoms with Gasteiger partial charge in [-0.15, -0.1) is 0 Å². The molecule has 19 heavy (non-hydrogen) atoms. The smallest absolute Gasteiger partial charge is 0.306 e. The number of benzene rings is 1. The first kappa shape index (κ1) is 15.2. The van der Waals surface area contributed by atoms with Gasteiger partial charge < -0.3 is 15.2 Å². The summed E-state index contributed by atoms with van der Waals surface area (Å²) in [6, 6.07) is 7.16. The number of nitrogens with one attached hydrogen (secondary N) is 1. The van der Waals surface area contributed by atoms with E-state index < -0.39 is 11.9 Å². The van der Waals surface area contributed by atoms with E-state index in [9.17, 15) is 9.59 Å². The number of carbonyl (C=O) groups is 2. The first-order valence-corrected chi connectivity index (χ1v) is 6.13. The van der Waals surface area contributed by atoms with E-state index in [1.54, 1.807) is 32.2 Å². The summed E-state index contributed by atoms with van der Waals surface area (Å²) in [6.07, 6.45) is 0.416.